The van der Waals surface area contributed by atoms with Crippen LogP contribution in [0.25, 0.3) is 0 Å². The number of aryl methyl sites for hydroxylation is 1. The summed E-state index contributed by atoms with van der Waals surface area (Å²) in [6.45, 7) is 4.07. The number of amides is 1. The Morgan fingerprint density at radius 1 is 1.14 bits per heavy atom. The van der Waals surface area contributed by atoms with E-state index in [9.17, 15) is 4.79 Å². The minimum absolute atomic E-state index is 0.259. The molecule has 0 bridgehead atoms. The van der Waals surface area contributed by atoms with E-state index in [4.69, 9.17) is 16.3 Å². The van der Waals surface area contributed by atoms with E-state index in [1.54, 1.807) is 4.68 Å². The molecule has 1 amide bonds. The molecule has 5 rings (SSSR count). The van der Waals surface area contributed by atoms with Gasteiger partial charge in [0.05, 0.1) is 5.57 Å². The topological polar surface area (TPSA) is 94.0 Å². The van der Waals surface area contributed by atoms with Crippen molar-refractivity contribution >= 4 is 45.1 Å². The summed E-state index contributed by atoms with van der Waals surface area (Å²) in [5.74, 6) is 0.746. The van der Waals surface area contributed by atoms with Crippen LogP contribution in [0.15, 0.2) is 82.5 Å². The van der Waals surface area contributed by atoms with Gasteiger partial charge in [0, 0.05) is 32.0 Å². The molecule has 0 aliphatic carbocycles. The average Bonchev–Trinajstić information content (AvgIpc) is 3.31. The van der Waals surface area contributed by atoms with Crippen LogP contribution in [-0.2, 0) is 11.4 Å². The Morgan fingerprint density at radius 3 is 2.78 bits per heavy atom. The highest BCUT2D eigenvalue weighted by Crippen LogP contribution is 2.40. The summed E-state index contributed by atoms with van der Waals surface area (Å²) in [5.41, 5.74) is 4.43. The third-order valence-corrected chi connectivity index (χ3v) is 6.70. The van der Waals surface area contributed by atoms with Gasteiger partial charge in [-0.25, -0.2) is 0 Å². The SMILES string of the molecule is CC1=C(C(=O)Nc2cccc(C)c2)C(c2cc(Br)ccc2OCc2ccccc2Cl)n2nnnc2N1. The van der Waals surface area contributed by atoms with Crippen LogP contribution in [0.2, 0.25) is 5.02 Å². The van der Waals surface area contributed by atoms with E-state index in [-0.39, 0.29) is 12.5 Å². The van der Waals surface area contributed by atoms with Gasteiger partial charge in [0.1, 0.15) is 18.4 Å². The summed E-state index contributed by atoms with van der Waals surface area (Å²) in [4.78, 5) is 13.7. The first-order valence-corrected chi connectivity index (χ1v) is 12.4. The molecule has 0 saturated heterocycles. The van der Waals surface area contributed by atoms with Gasteiger partial charge in [-0.05, 0) is 66.2 Å². The second-order valence-electron chi connectivity index (χ2n) is 8.40. The first kappa shape index (κ1) is 24.0. The van der Waals surface area contributed by atoms with Crippen molar-refractivity contribution in [1.82, 2.24) is 20.2 Å². The number of hydrogen-bond acceptors (Lipinski definition) is 6. The molecule has 182 valence electrons. The standard InChI is InChI=1S/C26H22BrClN6O2/c1-15-6-5-8-19(12-15)30-25(35)23-16(2)29-26-31-32-33-34(26)24(23)20-13-18(27)10-11-22(20)36-14-17-7-3-4-9-21(17)28/h3-13,24H,14H2,1-2H3,(H,30,35)(H,29,31,33). The number of hydrogen-bond donors (Lipinski definition) is 2. The summed E-state index contributed by atoms with van der Waals surface area (Å²) in [6, 6.07) is 20.2. The van der Waals surface area contributed by atoms with Crippen LogP contribution < -0.4 is 15.4 Å². The molecule has 36 heavy (non-hydrogen) atoms. The number of carbonyl (C=O) groups excluding carboxylic acids is 1. The van der Waals surface area contributed by atoms with Gasteiger partial charge in [-0.1, -0.05) is 63.0 Å². The smallest absolute Gasteiger partial charge is 0.255 e. The molecule has 0 saturated carbocycles. The molecule has 2 N–H and O–H groups in total. The summed E-state index contributed by atoms with van der Waals surface area (Å²) in [5, 5.41) is 18.9. The van der Waals surface area contributed by atoms with Crippen LogP contribution >= 0.6 is 27.5 Å². The third-order valence-electron chi connectivity index (χ3n) is 5.84. The number of ether oxygens (including phenoxy) is 1. The van der Waals surface area contributed by atoms with Crippen LogP contribution in [0.3, 0.4) is 0 Å². The number of anilines is 2. The lowest BCUT2D eigenvalue weighted by atomic mass is 9.94. The largest absolute Gasteiger partial charge is 0.488 e. The van der Waals surface area contributed by atoms with E-state index in [1.165, 1.54) is 0 Å². The molecule has 10 heteroatoms. The Kier molecular flexibility index (Phi) is 6.75. The predicted octanol–water partition coefficient (Wildman–Crippen LogP) is 5.90. The minimum Gasteiger partial charge on any atom is -0.488 e. The Labute approximate surface area is 221 Å². The van der Waals surface area contributed by atoms with Crippen molar-refractivity contribution in [3.63, 3.8) is 0 Å². The highest BCUT2D eigenvalue weighted by atomic mass is 79.9. The van der Waals surface area contributed by atoms with Crippen molar-refractivity contribution in [1.29, 1.82) is 0 Å². The van der Waals surface area contributed by atoms with Crippen molar-refractivity contribution in [3.05, 3.63) is 104 Å². The Morgan fingerprint density at radius 2 is 1.97 bits per heavy atom. The summed E-state index contributed by atoms with van der Waals surface area (Å²) in [7, 11) is 0. The minimum atomic E-state index is -0.639. The van der Waals surface area contributed by atoms with Gasteiger partial charge in [-0.2, -0.15) is 4.68 Å². The fraction of sp³-hybridized carbons (Fsp3) is 0.154. The Bertz CT molecular complexity index is 1480. The predicted molar refractivity (Wildman–Crippen MR) is 142 cm³/mol. The van der Waals surface area contributed by atoms with E-state index < -0.39 is 6.04 Å². The number of rotatable bonds is 6. The number of allylic oxidation sites excluding steroid dienone is 1. The number of carbonyl (C=O) groups is 1. The number of tetrazole rings is 1. The normalized spacial score (nSPS) is 14.7. The lowest BCUT2D eigenvalue weighted by Gasteiger charge is -2.29. The highest BCUT2D eigenvalue weighted by molar-refractivity contribution is 9.10. The van der Waals surface area contributed by atoms with Crippen LogP contribution in [0, 0.1) is 6.92 Å². The number of nitrogens with zero attached hydrogens (tertiary/aromatic N) is 4. The molecular weight excluding hydrogens is 544 g/mol. The third kappa shape index (κ3) is 4.84. The molecule has 3 aromatic carbocycles. The van der Waals surface area contributed by atoms with Crippen LogP contribution in [0.4, 0.5) is 11.6 Å². The molecule has 8 nitrogen and oxygen atoms in total. The molecule has 0 radical (unpaired) electrons. The maximum Gasteiger partial charge on any atom is 0.255 e. The molecular formula is C26H22BrClN6O2. The second kappa shape index (κ2) is 10.1. The van der Waals surface area contributed by atoms with Crippen LogP contribution in [0.5, 0.6) is 5.75 Å². The molecule has 1 aromatic heterocycles. The second-order valence-corrected chi connectivity index (χ2v) is 9.72. The molecule has 4 aromatic rings. The lowest BCUT2D eigenvalue weighted by Crippen LogP contribution is -2.31. The van der Waals surface area contributed by atoms with Gasteiger partial charge in [-0.15, -0.1) is 0 Å². The fourth-order valence-electron chi connectivity index (χ4n) is 4.15. The summed E-state index contributed by atoms with van der Waals surface area (Å²) >= 11 is 9.91. The van der Waals surface area contributed by atoms with Gasteiger partial charge in [0.2, 0.25) is 5.95 Å². The summed E-state index contributed by atoms with van der Waals surface area (Å²) < 4.78 is 8.65. The highest BCUT2D eigenvalue weighted by Gasteiger charge is 2.36. The maximum absolute atomic E-state index is 13.7. The zero-order chi connectivity index (χ0) is 25.2. The molecule has 1 aliphatic heterocycles. The maximum atomic E-state index is 13.7. The van der Waals surface area contributed by atoms with Gasteiger partial charge >= 0.3 is 0 Å². The van der Waals surface area contributed by atoms with Crippen molar-refractivity contribution in [2.75, 3.05) is 10.6 Å². The van der Waals surface area contributed by atoms with Gasteiger partial charge in [0.15, 0.2) is 0 Å². The Balaban J connectivity index is 1.56. The van der Waals surface area contributed by atoms with E-state index in [2.05, 4.69) is 42.1 Å². The van der Waals surface area contributed by atoms with Crippen LogP contribution in [0.1, 0.15) is 29.7 Å². The first-order chi connectivity index (χ1) is 17.4. The molecule has 2 heterocycles. The molecule has 1 unspecified atom stereocenters. The number of nitrogens with one attached hydrogen (secondary N) is 2. The van der Waals surface area contributed by atoms with Crippen molar-refractivity contribution in [2.45, 2.75) is 26.5 Å². The van der Waals surface area contributed by atoms with Crippen LogP contribution in [-0.4, -0.2) is 26.1 Å². The van der Waals surface area contributed by atoms with Crippen molar-refractivity contribution in [3.8, 4) is 5.75 Å². The zero-order valence-corrected chi connectivity index (χ0v) is 21.8. The van der Waals surface area contributed by atoms with E-state index in [0.717, 1.165) is 21.2 Å². The molecule has 1 aliphatic rings. The first-order valence-electron chi connectivity index (χ1n) is 11.2. The zero-order valence-electron chi connectivity index (χ0n) is 19.5. The van der Waals surface area contributed by atoms with E-state index >= 15 is 0 Å². The summed E-state index contributed by atoms with van der Waals surface area (Å²) in [6.07, 6.45) is 0. The van der Waals surface area contributed by atoms with E-state index in [0.29, 0.717) is 33.7 Å². The monoisotopic (exact) mass is 564 g/mol. The van der Waals surface area contributed by atoms with Gasteiger partial charge < -0.3 is 15.4 Å². The quantitative estimate of drug-likeness (QED) is 0.302. The van der Waals surface area contributed by atoms with Crippen molar-refractivity contribution < 1.29 is 9.53 Å². The van der Waals surface area contributed by atoms with Crippen molar-refractivity contribution in [2.24, 2.45) is 0 Å². The fourth-order valence-corrected chi connectivity index (χ4v) is 4.72. The molecule has 1 atom stereocenters. The van der Waals surface area contributed by atoms with E-state index in [1.807, 2.05) is 80.6 Å². The molecule has 0 fully saturated rings. The van der Waals surface area contributed by atoms with Gasteiger partial charge in [-0.3, -0.25) is 4.79 Å². The number of aromatic nitrogens is 4. The van der Waals surface area contributed by atoms with Gasteiger partial charge in [0.25, 0.3) is 5.91 Å². The average molecular weight is 566 g/mol. The number of benzene rings is 3. The Hall–Kier alpha value is -3.69. The lowest BCUT2D eigenvalue weighted by molar-refractivity contribution is -0.113. The molecule has 0 spiro atoms. The number of halogens is 2. The number of fused-ring (bicyclic) bond motifs is 1.